The molecule has 0 spiro atoms. The zero-order valence-corrected chi connectivity index (χ0v) is 15.3. The van der Waals surface area contributed by atoms with Gasteiger partial charge in [-0.1, -0.05) is 41.9 Å². The maximum absolute atomic E-state index is 12.9. The van der Waals surface area contributed by atoms with Crippen molar-refractivity contribution in [1.29, 1.82) is 0 Å². The summed E-state index contributed by atoms with van der Waals surface area (Å²) in [6, 6.07) is 16.5. The van der Waals surface area contributed by atoms with Gasteiger partial charge in [0.25, 0.3) is 5.91 Å². The van der Waals surface area contributed by atoms with Crippen LogP contribution >= 0.6 is 11.6 Å². The minimum absolute atomic E-state index is 0.169. The Kier molecular flexibility index (Phi) is 3.91. The van der Waals surface area contributed by atoms with Crippen LogP contribution in [-0.2, 0) is 0 Å². The number of ether oxygens (including phenoxy) is 2. The van der Waals surface area contributed by atoms with Gasteiger partial charge in [-0.15, -0.1) is 0 Å². The number of rotatable bonds is 3. The van der Waals surface area contributed by atoms with Crippen LogP contribution in [-0.4, -0.2) is 22.3 Å². The Morgan fingerprint density at radius 2 is 1.82 bits per heavy atom. The molecule has 5 rings (SSSR count). The van der Waals surface area contributed by atoms with Gasteiger partial charge in [-0.05, 0) is 35.0 Å². The molecule has 0 saturated heterocycles. The topological polar surface area (TPSA) is 65.4 Å². The second-order valence-electron chi connectivity index (χ2n) is 6.32. The standard InChI is InChI=1S/C21H14ClN3O3/c22-15-8-17(21(26)25-10-13-4-1-2-5-14(13)11-25)24-19(9-15)23-16-6-3-7-18-20(16)28-12-27-18/h1-11H,12H2,(H,23,24). The van der Waals surface area contributed by atoms with Gasteiger partial charge in [-0.25, -0.2) is 4.98 Å². The highest BCUT2D eigenvalue weighted by Crippen LogP contribution is 2.40. The van der Waals surface area contributed by atoms with E-state index in [2.05, 4.69) is 10.3 Å². The molecule has 28 heavy (non-hydrogen) atoms. The van der Waals surface area contributed by atoms with Crippen molar-refractivity contribution < 1.29 is 14.3 Å². The fraction of sp³-hybridized carbons (Fsp3) is 0.0476. The van der Waals surface area contributed by atoms with E-state index in [9.17, 15) is 4.79 Å². The summed E-state index contributed by atoms with van der Waals surface area (Å²) in [5, 5.41) is 5.52. The molecule has 4 aromatic rings. The van der Waals surface area contributed by atoms with Crippen molar-refractivity contribution in [2.75, 3.05) is 12.1 Å². The lowest BCUT2D eigenvalue weighted by Crippen LogP contribution is -2.12. The molecule has 1 aliphatic heterocycles. The molecule has 1 N–H and O–H groups in total. The first-order valence-electron chi connectivity index (χ1n) is 8.62. The molecule has 0 amide bonds. The van der Waals surface area contributed by atoms with Gasteiger partial charge < -0.3 is 14.8 Å². The Morgan fingerprint density at radius 1 is 1.04 bits per heavy atom. The monoisotopic (exact) mass is 391 g/mol. The maximum atomic E-state index is 12.9. The van der Waals surface area contributed by atoms with Crippen LogP contribution < -0.4 is 14.8 Å². The van der Waals surface area contributed by atoms with Crippen LogP contribution in [0.25, 0.3) is 10.8 Å². The van der Waals surface area contributed by atoms with E-state index >= 15 is 0 Å². The Morgan fingerprint density at radius 3 is 2.61 bits per heavy atom. The van der Waals surface area contributed by atoms with Gasteiger partial charge in [0, 0.05) is 17.4 Å². The Hall–Kier alpha value is -3.51. The zero-order chi connectivity index (χ0) is 19.1. The van der Waals surface area contributed by atoms with Gasteiger partial charge in [0.05, 0.1) is 5.69 Å². The summed E-state index contributed by atoms with van der Waals surface area (Å²) in [4.78, 5) is 17.4. The lowest BCUT2D eigenvalue weighted by atomic mass is 10.2. The number of hydrogen-bond donors (Lipinski definition) is 1. The van der Waals surface area contributed by atoms with Crippen molar-refractivity contribution in [1.82, 2.24) is 9.55 Å². The Balaban J connectivity index is 1.49. The van der Waals surface area contributed by atoms with Gasteiger partial charge in [0.2, 0.25) is 6.79 Å². The molecule has 1 aliphatic rings. The number of fused-ring (bicyclic) bond motifs is 2. The van der Waals surface area contributed by atoms with E-state index in [0.717, 1.165) is 10.8 Å². The summed E-state index contributed by atoms with van der Waals surface area (Å²) in [5.74, 6) is 1.44. The van der Waals surface area contributed by atoms with E-state index in [0.29, 0.717) is 28.0 Å². The molecule has 138 valence electrons. The van der Waals surface area contributed by atoms with E-state index in [1.807, 2.05) is 42.5 Å². The van der Waals surface area contributed by atoms with Crippen LogP contribution in [0.4, 0.5) is 11.5 Å². The van der Waals surface area contributed by atoms with Gasteiger partial charge in [-0.2, -0.15) is 0 Å². The van der Waals surface area contributed by atoms with Gasteiger partial charge >= 0.3 is 0 Å². The molecular weight excluding hydrogens is 378 g/mol. The van der Waals surface area contributed by atoms with Crippen LogP contribution in [0.2, 0.25) is 5.02 Å². The van der Waals surface area contributed by atoms with Crippen LogP contribution in [0.3, 0.4) is 0 Å². The highest BCUT2D eigenvalue weighted by atomic mass is 35.5. The van der Waals surface area contributed by atoms with Crippen LogP contribution in [0.1, 0.15) is 10.5 Å². The number of pyridine rings is 1. The molecule has 0 bridgehead atoms. The number of aromatic nitrogens is 2. The van der Waals surface area contributed by atoms with E-state index in [1.165, 1.54) is 4.57 Å². The average molecular weight is 392 g/mol. The Labute approximate surface area is 165 Å². The highest BCUT2D eigenvalue weighted by Gasteiger charge is 2.19. The second-order valence-corrected chi connectivity index (χ2v) is 6.76. The first-order chi connectivity index (χ1) is 13.7. The average Bonchev–Trinajstić information content (AvgIpc) is 3.34. The number of nitrogens with zero attached hydrogens (tertiary/aromatic N) is 2. The minimum Gasteiger partial charge on any atom is -0.454 e. The summed E-state index contributed by atoms with van der Waals surface area (Å²) in [7, 11) is 0. The van der Waals surface area contributed by atoms with Crippen molar-refractivity contribution in [3.63, 3.8) is 0 Å². The first kappa shape index (κ1) is 16.6. The lowest BCUT2D eigenvalue weighted by molar-refractivity contribution is 0.0956. The number of benzene rings is 2. The summed E-state index contributed by atoms with van der Waals surface area (Å²) >= 11 is 6.25. The van der Waals surface area contributed by atoms with Crippen molar-refractivity contribution in [3.05, 3.63) is 77.7 Å². The van der Waals surface area contributed by atoms with Crippen molar-refractivity contribution in [2.45, 2.75) is 0 Å². The molecule has 2 aromatic carbocycles. The molecule has 0 fully saturated rings. The van der Waals surface area contributed by atoms with E-state index < -0.39 is 0 Å². The largest absolute Gasteiger partial charge is 0.454 e. The van der Waals surface area contributed by atoms with E-state index in [1.54, 1.807) is 24.5 Å². The van der Waals surface area contributed by atoms with Crippen LogP contribution in [0, 0.1) is 0 Å². The number of anilines is 2. The molecular formula is C21H14ClN3O3. The van der Waals surface area contributed by atoms with Crippen molar-refractivity contribution >= 4 is 39.8 Å². The third-order valence-corrected chi connectivity index (χ3v) is 4.67. The number of halogens is 1. The molecule has 0 atom stereocenters. The number of carbonyl (C=O) groups is 1. The SMILES string of the molecule is O=C(c1cc(Cl)cc(Nc2cccc3c2OCO3)n1)n1cc2ccccc2c1. The predicted octanol–water partition coefficient (Wildman–Crippen LogP) is 4.85. The molecule has 0 saturated carbocycles. The molecule has 7 heteroatoms. The summed E-state index contributed by atoms with van der Waals surface area (Å²) in [6.45, 7) is 0.169. The summed E-state index contributed by atoms with van der Waals surface area (Å²) < 4.78 is 12.4. The third kappa shape index (κ3) is 2.93. The molecule has 0 aliphatic carbocycles. The fourth-order valence-corrected chi connectivity index (χ4v) is 3.38. The first-order valence-corrected chi connectivity index (χ1v) is 9.00. The number of nitrogens with one attached hydrogen (secondary N) is 1. The smallest absolute Gasteiger partial charge is 0.280 e. The third-order valence-electron chi connectivity index (χ3n) is 4.46. The minimum atomic E-state index is -0.264. The highest BCUT2D eigenvalue weighted by molar-refractivity contribution is 6.31. The normalized spacial score (nSPS) is 12.3. The molecule has 3 heterocycles. The maximum Gasteiger partial charge on any atom is 0.280 e. The van der Waals surface area contributed by atoms with Crippen molar-refractivity contribution in [3.8, 4) is 11.5 Å². The second kappa shape index (κ2) is 6.58. The van der Waals surface area contributed by atoms with Gasteiger partial charge in [0.15, 0.2) is 11.5 Å². The summed E-state index contributed by atoms with van der Waals surface area (Å²) in [5.41, 5.74) is 0.926. The molecule has 0 radical (unpaired) electrons. The van der Waals surface area contributed by atoms with E-state index in [-0.39, 0.29) is 18.4 Å². The quantitative estimate of drug-likeness (QED) is 0.540. The Bertz CT molecular complexity index is 1190. The predicted molar refractivity (Wildman–Crippen MR) is 107 cm³/mol. The lowest BCUT2D eigenvalue weighted by Gasteiger charge is -2.10. The van der Waals surface area contributed by atoms with E-state index in [4.69, 9.17) is 21.1 Å². The van der Waals surface area contributed by atoms with Gasteiger partial charge in [0.1, 0.15) is 11.5 Å². The number of para-hydroxylation sites is 1. The summed E-state index contributed by atoms with van der Waals surface area (Å²) in [6.07, 6.45) is 3.56. The van der Waals surface area contributed by atoms with Gasteiger partial charge in [-0.3, -0.25) is 9.36 Å². The fourth-order valence-electron chi connectivity index (χ4n) is 3.17. The number of hydrogen-bond acceptors (Lipinski definition) is 5. The van der Waals surface area contributed by atoms with Crippen LogP contribution in [0.15, 0.2) is 67.0 Å². The molecule has 0 unspecified atom stereocenters. The zero-order valence-electron chi connectivity index (χ0n) is 14.6. The molecule has 2 aromatic heterocycles. The molecule has 6 nitrogen and oxygen atoms in total. The van der Waals surface area contributed by atoms with Crippen molar-refractivity contribution in [2.24, 2.45) is 0 Å². The van der Waals surface area contributed by atoms with Crippen LogP contribution in [0.5, 0.6) is 11.5 Å². The number of carbonyl (C=O) groups excluding carboxylic acids is 1.